The first-order valence-corrected chi connectivity index (χ1v) is 8.32. The zero-order valence-electron chi connectivity index (χ0n) is 11.9. The average Bonchev–Trinajstić information content (AvgIpc) is 3.08. The molecule has 2 aromatic rings. The van der Waals surface area contributed by atoms with Crippen molar-refractivity contribution in [3.63, 3.8) is 0 Å². The van der Waals surface area contributed by atoms with Gasteiger partial charge in [-0.1, -0.05) is 36.4 Å². The molecule has 108 valence electrons. The summed E-state index contributed by atoms with van der Waals surface area (Å²) in [5, 5.41) is 7.33. The SMILES string of the molecule is O=C(NCc1ccccc1-c1ccsc1)C1CC=CCC1. The summed E-state index contributed by atoms with van der Waals surface area (Å²) >= 11 is 1.70. The molecule has 1 heterocycles. The Balaban J connectivity index is 1.68. The Morgan fingerprint density at radius 1 is 1.24 bits per heavy atom. The predicted octanol–water partition coefficient (Wildman–Crippen LogP) is 4.39. The molecule has 2 nitrogen and oxygen atoms in total. The second-order valence-electron chi connectivity index (χ2n) is 5.37. The Bertz CT molecular complexity index is 630. The molecular formula is C18H19NOS. The van der Waals surface area contributed by atoms with Gasteiger partial charge < -0.3 is 5.32 Å². The molecule has 1 amide bonds. The van der Waals surface area contributed by atoms with Gasteiger partial charge in [0.2, 0.25) is 5.91 Å². The molecule has 0 saturated heterocycles. The summed E-state index contributed by atoms with van der Waals surface area (Å²) in [5.41, 5.74) is 3.61. The summed E-state index contributed by atoms with van der Waals surface area (Å²) in [7, 11) is 0. The van der Waals surface area contributed by atoms with Gasteiger partial charge in [-0.15, -0.1) is 0 Å². The van der Waals surface area contributed by atoms with E-state index in [1.165, 1.54) is 16.7 Å². The van der Waals surface area contributed by atoms with Gasteiger partial charge in [-0.2, -0.15) is 11.3 Å². The first kappa shape index (κ1) is 14.1. The quantitative estimate of drug-likeness (QED) is 0.833. The molecular weight excluding hydrogens is 278 g/mol. The average molecular weight is 297 g/mol. The van der Waals surface area contributed by atoms with E-state index >= 15 is 0 Å². The van der Waals surface area contributed by atoms with E-state index in [2.05, 4.69) is 46.4 Å². The summed E-state index contributed by atoms with van der Waals surface area (Å²) in [5.74, 6) is 0.322. The fourth-order valence-corrected chi connectivity index (χ4v) is 3.39. The van der Waals surface area contributed by atoms with Crippen molar-refractivity contribution < 1.29 is 4.79 Å². The van der Waals surface area contributed by atoms with Crippen LogP contribution in [-0.4, -0.2) is 5.91 Å². The van der Waals surface area contributed by atoms with Gasteiger partial charge in [-0.05, 0) is 52.8 Å². The van der Waals surface area contributed by atoms with E-state index in [4.69, 9.17) is 0 Å². The van der Waals surface area contributed by atoms with Crippen LogP contribution >= 0.6 is 11.3 Å². The molecule has 21 heavy (non-hydrogen) atoms. The monoisotopic (exact) mass is 297 g/mol. The van der Waals surface area contributed by atoms with Crippen LogP contribution in [-0.2, 0) is 11.3 Å². The van der Waals surface area contributed by atoms with Gasteiger partial charge in [0.1, 0.15) is 0 Å². The standard InChI is InChI=1S/C18H19NOS/c20-18(14-6-2-1-3-7-14)19-12-15-8-4-5-9-17(15)16-10-11-21-13-16/h1-2,4-5,8-11,13-14H,3,6-7,12H2,(H,19,20). The minimum Gasteiger partial charge on any atom is -0.352 e. The van der Waals surface area contributed by atoms with Crippen molar-refractivity contribution in [1.82, 2.24) is 5.32 Å². The maximum Gasteiger partial charge on any atom is 0.223 e. The molecule has 0 saturated carbocycles. The number of hydrogen-bond donors (Lipinski definition) is 1. The molecule has 1 aromatic heterocycles. The molecule has 0 aliphatic heterocycles. The van der Waals surface area contributed by atoms with E-state index in [9.17, 15) is 4.79 Å². The number of allylic oxidation sites excluding steroid dienone is 2. The second kappa shape index (κ2) is 6.72. The Labute approximate surface area is 129 Å². The minimum absolute atomic E-state index is 0.142. The maximum atomic E-state index is 12.2. The zero-order chi connectivity index (χ0) is 14.5. The van der Waals surface area contributed by atoms with Crippen LogP contribution in [0.5, 0.6) is 0 Å². The summed E-state index contributed by atoms with van der Waals surface area (Å²) < 4.78 is 0. The van der Waals surface area contributed by atoms with E-state index in [1.54, 1.807) is 11.3 Å². The molecule has 3 rings (SSSR count). The highest BCUT2D eigenvalue weighted by Crippen LogP contribution is 2.26. The summed E-state index contributed by atoms with van der Waals surface area (Å²) in [4.78, 5) is 12.2. The third-order valence-corrected chi connectivity index (χ3v) is 4.63. The molecule has 1 aliphatic carbocycles. The van der Waals surface area contributed by atoms with E-state index in [0.717, 1.165) is 19.3 Å². The van der Waals surface area contributed by atoms with Crippen molar-refractivity contribution in [3.8, 4) is 11.1 Å². The van der Waals surface area contributed by atoms with Gasteiger partial charge in [0, 0.05) is 12.5 Å². The molecule has 0 bridgehead atoms. The van der Waals surface area contributed by atoms with Crippen LogP contribution in [0, 0.1) is 5.92 Å². The molecule has 1 N–H and O–H groups in total. The third kappa shape index (κ3) is 3.42. The number of rotatable bonds is 4. The van der Waals surface area contributed by atoms with Gasteiger partial charge in [-0.3, -0.25) is 4.79 Å². The first-order chi connectivity index (χ1) is 10.3. The topological polar surface area (TPSA) is 29.1 Å². The number of amides is 1. The van der Waals surface area contributed by atoms with Crippen LogP contribution in [0.2, 0.25) is 0 Å². The van der Waals surface area contributed by atoms with E-state index in [-0.39, 0.29) is 11.8 Å². The van der Waals surface area contributed by atoms with E-state index in [1.807, 2.05) is 12.1 Å². The van der Waals surface area contributed by atoms with Crippen molar-refractivity contribution in [2.45, 2.75) is 25.8 Å². The smallest absolute Gasteiger partial charge is 0.223 e. The molecule has 3 heteroatoms. The summed E-state index contributed by atoms with van der Waals surface area (Å²) in [6.07, 6.45) is 7.14. The summed E-state index contributed by atoms with van der Waals surface area (Å²) in [6.45, 7) is 0.602. The molecule has 1 atom stereocenters. The zero-order valence-corrected chi connectivity index (χ0v) is 12.7. The minimum atomic E-state index is 0.142. The Hall–Kier alpha value is -1.87. The molecule has 1 aromatic carbocycles. The second-order valence-corrected chi connectivity index (χ2v) is 6.15. The highest BCUT2D eigenvalue weighted by Gasteiger charge is 2.18. The van der Waals surface area contributed by atoms with Gasteiger partial charge in [0.25, 0.3) is 0 Å². The van der Waals surface area contributed by atoms with Crippen LogP contribution in [0.25, 0.3) is 11.1 Å². The van der Waals surface area contributed by atoms with Crippen molar-refractivity contribution in [3.05, 3.63) is 58.8 Å². The van der Waals surface area contributed by atoms with Gasteiger partial charge in [0.05, 0.1) is 0 Å². The van der Waals surface area contributed by atoms with Crippen molar-refractivity contribution in [2.24, 2.45) is 5.92 Å². The number of benzene rings is 1. The normalized spacial score (nSPS) is 17.6. The lowest BCUT2D eigenvalue weighted by atomic mass is 9.93. The predicted molar refractivity (Wildman–Crippen MR) is 88.1 cm³/mol. The summed E-state index contributed by atoms with van der Waals surface area (Å²) in [6, 6.07) is 10.4. The lowest BCUT2D eigenvalue weighted by Gasteiger charge is -2.18. The number of carbonyl (C=O) groups is 1. The molecule has 1 aliphatic rings. The van der Waals surface area contributed by atoms with Crippen molar-refractivity contribution >= 4 is 17.2 Å². The van der Waals surface area contributed by atoms with Crippen LogP contribution in [0.1, 0.15) is 24.8 Å². The lowest BCUT2D eigenvalue weighted by Crippen LogP contribution is -2.30. The fraction of sp³-hybridized carbons (Fsp3) is 0.278. The largest absolute Gasteiger partial charge is 0.352 e. The molecule has 0 radical (unpaired) electrons. The Morgan fingerprint density at radius 3 is 2.90 bits per heavy atom. The van der Waals surface area contributed by atoms with Gasteiger partial charge in [0.15, 0.2) is 0 Å². The number of nitrogens with one attached hydrogen (secondary N) is 1. The van der Waals surface area contributed by atoms with Crippen LogP contribution in [0.4, 0.5) is 0 Å². The van der Waals surface area contributed by atoms with E-state index < -0.39 is 0 Å². The molecule has 0 spiro atoms. The Morgan fingerprint density at radius 2 is 2.14 bits per heavy atom. The highest BCUT2D eigenvalue weighted by atomic mass is 32.1. The van der Waals surface area contributed by atoms with Crippen LogP contribution < -0.4 is 5.32 Å². The van der Waals surface area contributed by atoms with Crippen LogP contribution in [0.15, 0.2) is 53.2 Å². The first-order valence-electron chi connectivity index (χ1n) is 7.38. The van der Waals surface area contributed by atoms with Crippen molar-refractivity contribution in [1.29, 1.82) is 0 Å². The number of carbonyl (C=O) groups excluding carboxylic acids is 1. The van der Waals surface area contributed by atoms with Gasteiger partial charge in [-0.25, -0.2) is 0 Å². The van der Waals surface area contributed by atoms with Crippen molar-refractivity contribution in [2.75, 3.05) is 0 Å². The fourth-order valence-electron chi connectivity index (χ4n) is 2.73. The molecule has 0 fully saturated rings. The third-order valence-electron chi connectivity index (χ3n) is 3.94. The van der Waals surface area contributed by atoms with Gasteiger partial charge >= 0.3 is 0 Å². The Kier molecular flexibility index (Phi) is 4.51. The maximum absolute atomic E-state index is 12.2. The van der Waals surface area contributed by atoms with E-state index in [0.29, 0.717) is 6.54 Å². The number of hydrogen-bond acceptors (Lipinski definition) is 2. The van der Waals surface area contributed by atoms with Crippen LogP contribution in [0.3, 0.4) is 0 Å². The molecule has 1 unspecified atom stereocenters. The lowest BCUT2D eigenvalue weighted by molar-refractivity contribution is -0.125. The number of thiophene rings is 1. The highest BCUT2D eigenvalue weighted by molar-refractivity contribution is 7.08.